The van der Waals surface area contributed by atoms with Crippen LogP contribution in [0.2, 0.25) is 0 Å². The number of carbonyl (C=O) groups is 2. The van der Waals surface area contributed by atoms with Crippen LogP contribution in [0.3, 0.4) is 0 Å². The predicted molar refractivity (Wildman–Crippen MR) is 63.1 cm³/mol. The number of carboxylic acids is 2. The number of aromatic carboxylic acids is 2. The molecule has 8 N–H and O–H groups in total. The van der Waals surface area contributed by atoms with E-state index in [1.165, 1.54) is 30.5 Å². The van der Waals surface area contributed by atoms with E-state index >= 15 is 0 Å². The Morgan fingerprint density at radius 1 is 1.06 bits per heavy atom. The molecule has 0 aliphatic heterocycles. The van der Waals surface area contributed by atoms with Gasteiger partial charge in [0, 0.05) is 0 Å². The quantitative estimate of drug-likeness (QED) is 0.360. The van der Waals surface area contributed by atoms with E-state index in [1.807, 2.05) is 0 Å². The Kier molecular flexibility index (Phi) is 10.2. The summed E-state index contributed by atoms with van der Waals surface area (Å²) in [6.07, 6.45) is 1.25. The third kappa shape index (κ3) is 6.66. The molecule has 1 rings (SSSR count). The van der Waals surface area contributed by atoms with Gasteiger partial charge in [-0.15, -0.1) is 0 Å². The van der Waals surface area contributed by atoms with Gasteiger partial charge in [0.05, 0.1) is 11.1 Å². The third-order valence-corrected chi connectivity index (χ3v) is 1.39. The van der Waals surface area contributed by atoms with Crippen molar-refractivity contribution >= 4 is 11.9 Å². The number of nitrogens with two attached hydrogens (primary N) is 3. The van der Waals surface area contributed by atoms with Crippen molar-refractivity contribution in [2.45, 2.75) is 0 Å². The van der Waals surface area contributed by atoms with Crippen LogP contribution in [0.25, 0.3) is 0 Å². The molecule has 0 radical (unpaired) electrons. The van der Waals surface area contributed by atoms with E-state index in [1.54, 1.807) is 0 Å². The van der Waals surface area contributed by atoms with Crippen LogP contribution in [0.1, 0.15) is 20.7 Å². The van der Waals surface area contributed by atoms with Crippen molar-refractivity contribution in [2.75, 3.05) is 0 Å². The molecule has 0 fully saturated rings. The molecule has 7 nitrogen and oxygen atoms in total. The summed E-state index contributed by atoms with van der Waals surface area (Å²) in [4.78, 5) is 20.9. The van der Waals surface area contributed by atoms with Gasteiger partial charge in [0.2, 0.25) is 0 Å². The Hall–Kier alpha value is -2.38. The Labute approximate surface area is 98.1 Å². The van der Waals surface area contributed by atoms with Crippen molar-refractivity contribution in [3.63, 3.8) is 0 Å². The molecule has 1 aromatic rings. The summed E-state index contributed by atoms with van der Waals surface area (Å²) in [6.45, 7) is 3.14. The molecule has 7 heteroatoms. The molecular weight excluding hydrogens is 226 g/mol. The molecule has 0 bridgehead atoms. The number of rotatable bonds is 2. The average molecular weight is 241 g/mol. The molecule has 0 heterocycles. The Morgan fingerprint density at radius 3 is 1.47 bits per heavy atom. The van der Waals surface area contributed by atoms with Crippen LogP contribution in [0.15, 0.2) is 37.0 Å². The van der Waals surface area contributed by atoms with Gasteiger partial charge in [0.25, 0.3) is 0 Å². The van der Waals surface area contributed by atoms with Gasteiger partial charge < -0.3 is 15.9 Å². The molecule has 0 aliphatic rings. The van der Waals surface area contributed by atoms with Crippen LogP contribution in [-0.4, -0.2) is 22.2 Å². The van der Waals surface area contributed by atoms with Gasteiger partial charge in [-0.05, 0) is 18.3 Å². The summed E-state index contributed by atoms with van der Waals surface area (Å²) >= 11 is 0. The SMILES string of the molecule is C=CN.NN.O=C(O)c1ccccc1C(=O)O. The zero-order valence-electron chi connectivity index (χ0n) is 9.04. The maximum Gasteiger partial charge on any atom is 0.336 e. The van der Waals surface area contributed by atoms with Crippen molar-refractivity contribution in [2.24, 2.45) is 17.4 Å². The van der Waals surface area contributed by atoms with Crippen LogP contribution < -0.4 is 17.4 Å². The summed E-state index contributed by atoms with van der Waals surface area (Å²) in [5.41, 5.74) is 4.23. The second-order valence-electron chi connectivity index (χ2n) is 2.39. The topological polar surface area (TPSA) is 153 Å². The molecule has 94 valence electrons. The molecule has 0 saturated carbocycles. The zero-order chi connectivity index (χ0) is 13.8. The number of hydrazine groups is 1. The zero-order valence-corrected chi connectivity index (χ0v) is 9.04. The normalized spacial score (nSPS) is 7.65. The van der Waals surface area contributed by atoms with Crippen molar-refractivity contribution in [1.82, 2.24) is 0 Å². The maximum atomic E-state index is 10.5. The van der Waals surface area contributed by atoms with Crippen molar-refractivity contribution in [3.05, 3.63) is 48.2 Å². The summed E-state index contributed by atoms with van der Waals surface area (Å²) < 4.78 is 0. The lowest BCUT2D eigenvalue weighted by atomic mass is 10.1. The van der Waals surface area contributed by atoms with E-state index in [9.17, 15) is 9.59 Å². The highest BCUT2D eigenvalue weighted by Crippen LogP contribution is 2.07. The summed E-state index contributed by atoms with van der Waals surface area (Å²) in [5, 5.41) is 17.1. The van der Waals surface area contributed by atoms with Gasteiger partial charge in [-0.3, -0.25) is 11.7 Å². The standard InChI is InChI=1S/C8H6O4.C2H5N.H4N2/c9-7(10)5-3-1-2-4-6(5)8(11)12;1-2-3;1-2/h1-4H,(H,9,10)(H,11,12);2H,1,3H2;1-2H2. The first-order chi connectivity index (χ1) is 8.04. The molecule has 0 unspecified atom stereocenters. The highest BCUT2D eigenvalue weighted by molar-refractivity contribution is 6.01. The van der Waals surface area contributed by atoms with Gasteiger partial charge in [-0.2, -0.15) is 0 Å². The molecule has 0 aliphatic carbocycles. The lowest BCUT2D eigenvalue weighted by molar-refractivity contribution is 0.0651. The van der Waals surface area contributed by atoms with Crippen LogP contribution in [0, 0.1) is 0 Å². The van der Waals surface area contributed by atoms with E-state index in [0.717, 1.165) is 0 Å². The molecule has 1 aromatic carbocycles. The summed E-state index contributed by atoms with van der Waals surface area (Å²) in [5.74, 6) is 5.54. The van der Waals surface area contributed by atoms with E-state index < -0.39 is 11.9 Å². The fourth-order valence-electron chi connectivity index (χ4n) is 0.856. The molecule has 0 saturated heterocycles. The monoisotopic (exact) mass is 241 g/mol. The number of benzene rings is 1. The van der Waals surface area contributed by atoms with Crippen LogP contribution in [-0.2, 0) is 0 Å². The Balaban J connectivity index is 0. The molecule has 0 spiro atoms. The largest absolute Gasteiger partial charge is 0.478 e. The summed E-state index contributed by atoms with van der Waals surface area (Å²) in [7, 11) is 0. The van der Waals surface area contributed by atoms with Gasteiger partial charge in [0.15, 0.2) is 0 Å². The minimum absolute atomic E-state index is 0.190. The minimum Gasteiger partial charge on any atom is -0.478 e. The van der Waals surface area contributed by atoms with Crippen LogP contribution in [0.5, 0.6) is 0 Å². The van der Waals surface area contributed by atoms with E-state index in [4.69, 9.17) is 10.2 Å². The fourth-order valence-corrected chi connectivity index (χ4v) is 0.856. The number of hydrogen-bond acceptors (Lipinski definition) is 5. The van der Waals surface area contributed by atoms with Crippen molar-refractivity contribution < 1.29 is 19.8 Å². The first-order valence-electron chi connectivity index (χ1n) is 4.26. The highest BCUT2D eigenvalue weighted by Gasteiger charge is 2.13. The van der Waals surface area contributed by atoms with Gasteiger partial charge in [-0.25, -0.2) is 9.59 Å². The Bertz CT molecular complexity index is 347. The first-order valence-corrected chi connectivity index (χ1v) is 4.26. The predicted octanol–water partition coefficient (Wildman–Crippen LogP) is -0.00960. The molecule has 0 amide bonds. The van der Waals surface area contributed by atoms with Crippen molar-refractivity contribution in [1.29, 1.82) is 0 Å². The van der Waals surface area contributed by atoms with E-state index in [2.05, 4.69) is 24.0 Å². The van der Waals surface area contributed by atoms with Gasteiger partial charge in [-0.1, -0.05) is 18.7 Å². The average Bonchev–Trinajstić information content (AvgIpc) is 2.32. The minimum atomic E-state index is -1.23. The lowest BCUT2D eigenvalue weighted by Gasteiger charge is -1.98. The maximum absolute atomic E-state index is 10.5. The lowest BCUT2D eigenvalue weighted by Crippen LogP contribution is -2.06. The van der Waals surface area contributed by atoms with Gasteiger partial charge >= 0.3 is 11.9 Å². The Morgan fingerprint density at radius 2 is 1.29 bits per heavy atom. The molecular formula is C10H15N3O4. The van der Waals surface area contributed by atoms with Gasteiger partial charge in [0.1, 0.15) is 0 Å². The van der Waals surface area contributed by atoms with E-state index in [-0.39, 0.29) is 11.1 Å². The molecule has 0 aromatic heterocycles. The first kappa shape index (κ1) is 17.0. The fraction of sp³-hybridized carbons (Fsp3) is 0. The number of carboxylic acid groups (broad SMARTS) is 2. The summed E-state index contributed by atoms with van der Waals surface area (Å²) in [6, 6.07) is 5.48. The third-order valence-electron chi connectivity index (χ3n) is 1.39. The highest BCUT2D eigenvalue weighted by atomic mass is 16.4. The van der Waals surface area contributed by atoms with Crippen LogP contribution >= 0.6 is 0 Å². The molecule has 17 heavy (non-hydrogen) atoms. The van der Waals surface area contributed by atoms with Crippen molar-refractivity contribution in [3.8, 4) is 0 Å². The second-order valence-corrected chi connectivity index (χ2v) is 2.39. The number of hydrogen-bond donors (Lipinski definition) is 5. The smallest absolute Gasteiger partial charge is 0.336 e. The second kappa shape index (κ2) is 10.1. The van der Waals surface area contributed by atoms with Crippen LogP contribution in [0.4, 0.5) is 0 Å². The molecule has 0 atom stereocenters. The van der Waals surface area contributed by atoms with E-state index in [0.29, 0.717) is 0 Å².